The van der Waals surface area contributed by atoms with Crippen LogP contribution in [0.3, 0.4) is 0 Å². The molecule has 26 heavy (non-hydrogen) atoms. The van der Waals surface area contributed by atoms with Gasteiger partial charge in [-0.1, -0.05) is 28.1 Å². The van der Waals surface area contributed by atoms with Crippen LogP contribution in [-0.2, 0) is 22.3 Å². The molecule has 0 aromatic heterocycles. The lowest BCUT2D eigenvalue weighted by molar-refractivity contribution is -0.152. The molecule has 2 nitrogen and oxygen atoms in total. The highest BCUT2D eigenvalue weighted by Crippen LogP contribution is 2.65. The van der Waals surface area contributed by atoms with E-state index in [-0.39, 0.29) is 22.3 Å². The van der Waals surface area contributed by atoms with Crippen LogP contribution in [0.25, 0.3) is 0 Å². The van der Waals surface area contributed by atoms with Crippen molar-refractivity contribution in [3.63, 3.8) is 0 Å². The van der Waals surface area contributed by atoms with Crippen LogP contribution in [0.4, 0.5) is 13.2 Å². The van der Waals surface area contributed by atoms with Gasteiger partial charge in [-0.2, -0.15) is 13.2 Å². The van der Waals surface area contributed by atoms with Gasteiger partial charge in [0.15, 0.2) is 0 Å². The van der Waals surface area contributed by atoms with Crippen molar-refractivity contribution in [1.82, 2.24) is 0 Å². The third-order valence-electron chi connectivity index (χ3n) is 6.28. The summed E-state index contributed by atoms with van der Waals surface area (Å²) in [6, 6.07) is 4.97. The first-order chi connectivity index (χ1) is 12.1. The molecule has 4 aliphatic rings. The van der Waals surface area contributed by atoms with E-state index in [4.69, 9.17) is 4.74 Å². The van der Waals surface area contributed by atoms with Gasteiger partial charge in [-0.05, 0) is 73.5 Å². The van der Waals surface area contributed by atoms with E-state index in [0.717, 1.165) is 31.4 Å². The van der Waals surface area contributed by atoms with Crippen LogP contribution in [-0.4, -0.2) is 10.3 Å². The van der Waals surface area contributed by atoms with Gasteiger partial charge in [0.1, 0.15) is 6.61 Å². The number of hydrogen-bond acceptors (Lipinski definition) is 2. The Hall–Kier alpha value is -1.04. The molecule has 4 aliphatic carbocycles. The molecular weight excluding hydrogens is 409 g/mol. The van der Waals surface area contributed by atoms with Gasteiger partial charge in [0.25, 0.3) is 0 Å². The van der Waals surface area contributed by atoms with Crippen molar-refractivity contribution in [2.75, 3.05) is 0 Å². The normalized spacial score (nSPS) is 35.5. The third kappa shape index (κ3) is 3.67. The molecule has 0 heterocycles. The van der Waals surface area contributed by atoms with Gasteiger partial charge >= 0.3 is 12.1 Å². The van der Waals surface area contributed by atoms with E-state index in [0.29, 0.717) is 23.8 Å². The van der Waals surface area contributed by atoms with E-state index in [1.165, 1.54) is 25.3 Å². The van der Waals surface area contributed by atoms with Crippen molar-refractivity contribution in [3.05, 3.63) is 35.4 Å². The van der Waals surface area contributed by atoms with Crippen molar-refractivity contribution in [2.24, 2.45) is 17.3 Å². The van der Waals surface area contributed by atoms with E-state index in [9.17, 15) is 18.0 Å². The summed E-state index contributed by atoms with van der Waals surface area (Å²) < 4.78 is 43.9. The molecule has 142 valence electrons. The lowest BCUT2D eigenvalue weighted by Gasteiger charge is -2.60. The van der Waals surface area contributed by atoms with Crippen molar-refractivity contribution in [1.29, 1.82) is 0 Å². The van der Waals surface area contributed by atoms with Crippen LogP contribution in [0.2, 0.25) is 0 Å². The maximum absolute atomic E-state index is 12.8. The molecule has 6 heteroatoms. The van der Waals surface area contributed by atoms with E-state index >= 15 is 0 Å². The smallest absolute Gasteiger partial charge is 0.416 e. The first-order valence-corrected chi connectivity index (χ1v) is 9.95. The number of hydrogen-bond donors (Lipinski definition) is 0. The molecule has 0 spiro atoms. The van der Waals surface area contributed by atoms with Crippen molar-refractivity contribution >= 4 is 21.9 Å². The predicted molar refractivity (Wildman–Crippen MR) is 94.6 cm³/mol. The number of carbonyl (C=O) groups excluding carboxylic acids is 1. The summed E-state index contributed by atoms with van der Waals surface area (Å²) in [5.74, 6) is 1.08. The Balaban J connectivity index is 1.38. The first-order valence-electron chi connectivity index (χ1n) is 9.16. The van der Waals surface area contributed by atoms with E-state index in [1.807, 2.05) is 0 Å². The molecule has 2 unspecified atom stereocenters. The van der Waals surface area contributed by atoms with Crippen LogP contribution in [0.1, 0.15) is 56.1 Å². The number of carbonyl (C=O) groups is 1. The number of alkyl halides is 4. The summed E-state index contributed by atoms with van der Waals surface area (Å²) >= 11 is 3.93. The van der Waals surface area contributed by atoms with Crippen molar-refractivity contribution in [2.45, 2.75) is 62.1 Å². The topological polar surface area (TPSA) is 26.3 Å². The van der Waals surface area contributed by atoms with Gasteiger partial charge in [0.05, 0.1) is 12.0 Å². The summed E-state index contributed by atoms with van der Waals surface area (Å²) in [6.45, 7) is -0.106. The Bertz CT molecular complexity index is 701. The molecule has 5 rings (SSSR count). The zero-order valence-corrected chi connectivity index (χ0v) is 16.0. The summed E-state index contributed by atoms with van der Waals surface area (Å²) in [7, 11) is 0. The zero-order chi connectivity index (χ0) is 18.6. The Labute approximate surface area is 159 Å². The van der Waals surface area contributed by atoms with Crippen LogP contribution >= 0.6 is 15.9 Å². The number of rotatable bonds is 4. The fourth-order valence-electron chi connectivity index (χ4n) is 5.90. The zero-order valence-electron chi connectivity index (χ0n) is 14.4. The highest BCUT2D eigenvalue weighted by molar-refractivity contribution is 9.10. The van der Waals surface area contributed by atoms with Crippen LogP contribution in [0.5, 0.6) is 0 Å². The summed E-state index contributed by atoms with van der Waals surface area (Å²) in [6.07, 6.45) is 2.83. The fraction of sp³-hybridized carbons (Fsp3) is 0.650. The molecule has 4 fully saturated rings. The van der Waals surface area contributed by atoms with Crippen molar-refractivity contribution in [3.8, 4) is 0 Å². The lowest BCUT2D eigenvalue weighted by Crippen LogP contribution is -2.53. The van der Waals surface area contributed by atoms with Gasteiger partial charge in [-0.15, -0.1) is 0 Å². The molecule has 0 aliphatic heterocycles. The van der Waals surface area contributed by atoms with Gasteiger partial charge in [0.2, 0.25) is 0 Å². The average molecular weight is 431 g/mol. The SMILES string of the molecule is O=C(CC12CC3CC(CC(Br)(C3)C1)C2)OCc1cccc(C(F)(F)F)c1. The number of benzene rings is 1. The molecule has 0 N–H and O–H groups in total. The van der Waals surface area contributed by atoms with E-state index in [1.54, 1.807) is 6.07 Å². The second-order valence-electron chi connectivity index (χ2n) is 8.65. The first kappa shape index (κ1) is 18.3. The highest BCUT2D eigenvalue weighted by atomic mass is 79.9. The fourth-order valence-corrected chi connectivity index (χ4v) is 7.41. The minimum absolute atomic E-state index is 0.0124. The van der Waals surface area contributed by atoms with Gasteiger partial charge in [0, 0.05) is 4.32 Å². The number of esters is 1. The van der Waals surface area contributed by atoms with E-state index in [2.05, 4.69) is 15.9 Å². The second-order valence-corrected chi connectivity index (χ2v) is 10.3. The van der Waals surface area contributed by atoms with E-state index < -0.39 is 11.7 Å². The molecule has 1 aromatic carbocycles. The van der Waals surface area contributed by atoms with Gasteiger partial charge < -0.3 is 4.74 Å². The maximum atomic E-state index is 12.8. The summed E-state index contributed by atoms with van der Waals surface area (Å²) in [5.41, 5.74) is -0.331. The number of halogens is 4. The van der Waals surface area contributed by atoms with Crippen LogP contribution in [0, 0.1) is 17.3 Å². The molecule has 0 amide bonds. The minimum Gasteiger partial charge on any atom is -0.461 e. The Morgan fingerprint density at radius 1 is 1.19 bits per heavy atom. The quantitative estimate of drug-likeness (QED) is 0.440. The van der Waals surface area contributed by atoms with Crippen LogP contribution in [0.15, 0.2) is 24.3 Å². The molecule has 0 saturated heterocycles. The van der Waals surface area contributed by atoms with Gasteiger partial charge in [-0.25, -0.2) is 0 Å². The van der Waals surface area contributed by atoms with Crippen molar-refractivity contribution < 1.29 is 22.7 Å². The Morgan fingerprint density at radius 2 is 1.88 bits per heavy atom. The largest absolute Gasteiger partial charge is 0.461 e. The molecular formula is C20H22BrF3O2. The second kappa shape index (κ2) is 6.25. The predicted octanol–water partition coefficient (Wildman–Crippen LogP) is 5.87. The minimum atomic E-state index is -4.39. The molecule has 0 radical (unpaired) electrons. The summed E-state index contributed by atoms with van der Waals surface area (Å²) in [5, 5.41) is 0. The van der Waals surface area contributed by atoms with Crippen LogP contribution < -0.4 is 0 Å². The molecule has 4 saturated carbocycles. The maximum Gasteiger partial charge on any atom is 0.416 e. The standard InChI is InChI=1S/C20H22BrF3O2/c21-19-8-14-4-15(9-19)7-18(6-14,12-19)10-17(25)26-11-13-2-1-3-16(5-13)20(22,23)24/h1-3,5,14-15H,4,6-12H2. The molecule has 4 bridgehead atoms. The highest BCUT2D eigenvalue weighted by Gasteiger charge is 2.57. The monoisotopic (exact) mass is 430 g/mol. The lowest BCUT2D eigenvalue weighted by atomic mass is 9.49. The molecule has 2 atom stereocenters. The average Bonchev–Trinajstić information content (AvgIpc) is 2.49. The van der Waals surface area contributed by atoms with Gasteiger partial charge in [-0.3, -0.25) is 4.79 Å². The number of ether oxygens (including phenoxy) is 1. The third-order valence-corrected chi connectivity index (χ3v) is 7.21. The molecule has 1 aromatic rings. The Kier molecular flexibility index (Phi) is 4.41. The Morgan fingerprint density at radius 3 is 2.50 bits per heavy atom. The summed E-state index contributed by atoms with van der Waals surface area (Å²) in [4.78, 5) is 12.4.